The van der Waals surface area contributed by atoms with Gasteiger partial charge in [0, 0.05) is 0 Å². The molecule has 2 heteroatoms. The normalized spacial score (nSPS) is 10.5. The van der Waals surface area contributed by atoms with E-state index in [1.807, 2.05) is 6.92 Å². The molecule has 0 atom stereocenters. The molecule has 86 valence electrons. The molecule has 0 aliphatic rings. The first-order chi connectivity index (χ1) is 7.50. The van der Waals surface area contributed by atoms with Crippen molar-refractivity contribution < 1.29 is 4.42 Å². The van der Waals surface area contributed by atoms with E-state index in [4.69, 9.17) is 4.42 Å². The highest BCUT2D eigenvalue weighted by molar-refractivity contribution is 5.21. The predicted molar refractivity (Wildman–Crippen MR) is 66.4 cm³/mol. The Balaban J connectivity index is 0.000000181. The van der Waals surface area contributed by atoms with Crippen LogP contribution in [0.5, 0.6) is 0 Å². The lowest BCUT2D eigenvalue weighted by Gasteiger charge is -2.18. The standard InChI is InChI=1S/C10H14.C4H5NO/c1-10(2,3)9-7-5-4-6-8-9;1-4-2-5-3-6-4/h4-8H,1-3H3;2-3H,1H3. The Morgan fingerprint density at radius 1 is 1.06 bits per heavy atom. The zero-order valence-corrected chi connectivity index (χ0v) is 10.4. The zero-order chi connectivity index (χ0) is 12.0. The van der Waals surface area contributed by atoms with Crippen LogP contribution in [0.1, 0.15) is 32.1 Å². The number of nitrogens with zero attached hydrogens (tertiary/aromatic N) is 1. The molecule has 1 aromatic heterocycles. The first-order valence-electron chi connectivity index (χ1n) is 5.41. The number of hydrogen-bond acceptors (Lipinski definition) is 2. The molecule has 0 amide bonds. The van der Waals surface area contributed by atoms with Crippen LogP contribution in [0.25, 0.3) is 0 Å². The van der Waals surface area contributed by atoms with Gasteiger partial charge >= 0.3 is 0 Å². The fraction of sp³-hybridized carbons (Fsp3) is 0.357. The van der Waals surface area contributed by atoms with Crippen molar-refractivity contribution in [2.45, 2.75) is 33.1 Å². The maximum atomic E-state index is 4.72. The summed E-state index contributed by atoms with van der Waals surface area (Å²) in [5, 5.41) is 0. The van der Waals surface area contributed by atoms with Gasteiger partial charge in [-0.05, 0) is 17.9 Å². The minimum absolute atomic E-state index is 0.293. The lowest BCUT2D eigenvalue weighted by atomic mass is 9.87. The average molecular weight is 217 g/mol. The third-order valence-corrected chi connectivity index (χ3v) is 2.20. The second-order valence-electron chi connectivity index (χ2n) is 4.73. The van der Waals surface area contributed by atoms with E-state index in [0.717, 1.165) is 5.76 Å². The SMILES string of the molecule is CC(C)(C)c1ccccc1.Cc1cnco1. The van der Waals surface area contributed by atoms with Crippen LogP contribution < -0.4 is 0 Å². The van der Waals surface area contributed by atoms with Crippen LogP contribution in [0, 0.1) is 6.92 Å². The molecule has 0 saturated heterocycles. The van der Waals surface area contributed by atoms with E-state index in [-0.39, 0.29) is 0 Å². The number of hydrogen-bond donors (Lipinski definition) is 0. The van der Waals surface area contributed by atoms with E-state index in [0.29, 0.717) is 5.41 Å². The van der Waals surface area contributed by atoms with E-state index in [9.17, 15) is 0 Å². The van der Waals surface area contributed by atoms with Gasteiger partial charge in [-0.2, -0.15) is 0 Å². The quantitative estimate of drug-likeness (QED) is 0.667. The first kappa shape index (κ1) is 12.5. The molecule has 0 saturated carbocycles. The van der Waals surface area contributed by atoms with Gasteiger partial charge in [-0.25, -0.2) is 4.98 Å². The van der Waals surface area contributed by atoms with Crippen molar-refractivity contribution in [3.05, 3.63) is 54.2 Å². The van der Waals surface area contributed by atoms with E-state index < -0.39 is 0 Å². The Bertz CT molecular complexity index is 384. The van der Waals surface area contributed by atoms with Gasteiger partial charge in [-0.15, -0.1) is 0 Å². The van der Waals surface area contributed by atoms with Crippen molar-refractivity contribution >= 4 is 0 Å². The molecule has 1 aromatic carbocycles. The minimum atomic E-state index is 0.293. The highest BCUT2D eigenvalue weighted by Gasteiger charge is 2.11. The number of benzene rings is 1. The van der Waals surface area contributed by atoms with Crippen molar-refractivity contribution in [1.82, 2.24) is 4.98 Å². The molecular weight excluding hydrogens is 198 g/mol. The Labute approximate surface area is 97.3 Å². The molecule has 16 heavy (non-hydrogen) atoms. The summed E-state index contributed by atoms with van der Waals surface area (Å²) in [5.74, 6) is 0.856. The van der Waals surface area contributed by atoms with Crippen molar-refractivity contribution in [3.63, 3.8) is 0 Å². The van der Waals surface area contributed by atoms with Gasteiger partial charge in [0.25, 0.3) is 0 Å². The Kier molecular flexibility index (Phi) is 4.29. The van der Waals surface area contributed by atoms with Gasteiger partial charge in [0.1, 0.15) is 5.76 Å². The molecule has 0 aliphatic carbocycles. The molecule has 2 nitrogen and oxygen atoms in total. The Morgan fingerprint density at radius 3 is 1.94 bits per heavy atom. The molecule has 1 heterocycles. The molecule has 0 bridgehead atoms. The summed E-state index contributed by atoms with van der Waals surface area (Å²) < 4.78 is 4.72. The lowest BCUT2D eigenvalue weighted by Crippen LogP contribution is -2.10. The summed E-state index contributed by atoms with van der Waals surface area (Å²) >= 11 is 0. The predicted octanol–water partition coefficient (Wildman–Crippen LogP) is 3.97. The van der Waals surface area contributed by atoms with E-state index in [1.54, 1.807) is 6.20 Å². The smallest absolute Gasteiger partial charge is 0.180 e. The van der Waals surface area contributed by atoms with E-state index in [1.165, 1.54) is 12.0 Å². The summed E-state index contributed by atoms with van der Waals surface area (Å²) in [7, 11) is 0. The highest BCUT2D eigenvalue weighted by Crippen LogP contribution is 2.20. The molecule has 0 radical (unpaired) electrons. The van der Waals surface area contributed by atoms with Gasteiger partial charge in [-0.3, -0.25) is 0 Å². The van der Waals surface area contributed by atoms with Crippen LogP contribution in [-0.4, -0.2) is 4.98 Å². The van der Waals surface area contributed by atoms with Crippen LogP contribution in [0.2, 0.25) is 0 Å². The zero-order valence-electron chi connectivity index (χ0n) is 10.4. The van der Waals surface area contributed by atoms with E-state index in [2.05, 4.69) is 56.1 Å². The van der Waals surface area contributed by atoms with Gasteiger partial charge in [0.15, 0.2) is 6.39 Å². The molecule has 2 rings (SSSR count). The number of oxazole rings is 1. The van der Waals surface area contributed by atoms with Gasteiger partial charge < -0.3 is 4.42 Å². The highest BCUT2D eigenvalue weighted by atomic mass is 16.3. The van der Waals surface area contributed by atoms with Crippen LogP contribution in [0.15, 0.2) is 47.3 Å². The summed E-state index contributed by atoms with van der Waals surface area (Å²) in [6.07, 6.45) is 3.08. The Morgan fingerprint density at radius 2 is 1.69 bits per heavy atom. The molecule has 0 N–H and O–H groups in total. The van der Waals surface area contributed by atoms with Gasteiger partial charge in [0.05, 0.1) is 6.20 Å². The minimum Gasteiger partial charge on any atom is -0.449 e. The molecular formula is C14H19NO. The summed E-state index contributed by atoms with van der Waals surface area (Å²) in [5.41, 5.74) is 1.69. The van der Waals surface area contributed by atoms with E-state index >= 15 is 0 Å². The monoisotopic (exact) mass is 217 g/mol. The fourth-order valence-corrected chi connectivity index (χ4v) is 1.22. The molecule has 0 unspecified atom stereocenters. The lowest BCUT2D eigenvalue weighted by molar-refractivity contribution is 0.527. The fourth-order valence-electron chi connectivity index (χ4n) is 1.22. The molecule has 0 fully saturated rings. The number of aromatic nitrogens is 1. The van der Waals surface area contributed by atoms with Crippen LogP contribution >= 0.6 is 0 Å². The number of rotatable bonds is 0. The summed E-state index contributed by atoms with van der Waals surface area (Å²) in [4.78, 5) is 3.66. The first-order valence-corrected chi connectivity index (χ1v) is 5.41. The van der Waals surface area contributed by atoms with Gasteiger partial charge in [-0.1, -0.05) is 51.1 Å². The maximum absolute atomic E-state index is 4.72. The summed E-state index contributed by atoms with van der Waals surface area (Å²) in [6.45, 7) is 8.53. The third kappa shape index (κ3) is 4.30. The van der Waals surface area contributed by atoms with Crippen molar-refractivity contribution in [2.75, 3.05) is 0 Å². The second kappa shape index (κ2) is 5.50. The maximum Gasteiger partial charge on any atom is 0.180 e. The largest absolute Gasteiger partial charge is 0.449 e. The van der Waals surface area contributed by atoms with Crippen LogP contribution in [0.4, 0.5) is 0 Å². The third-order valence-electron chi connectivity index (χ3n) is 2.20. The second-order valence-corrected chi connectivity index (χ2v) is 4.73. The topological polar surface area (TPSA) is 26.0 Å². The average Bonchev–Trinajstić information content (AvgIpc) is 2.70. The van der Waals surface area contributed by atoms with Crippen LogP contribution in [-0.2, 0) is 5.41 Å². The van der Waals surface area contributed by atoms with Crippen molar-refractivity contribution in [2.24, 2.45) is 0 Å². The van der Waals surface area contributed by atoms with Crippen molar-refractivity contribution in [1.29, 1.82) is 0 Å². The van der Waals surface area contributed by atoms with Gasteiger partial charge in [0.2, 0.25) is 0 Å². The Hall–Kier alpha value is -1.57. The summed E-state index contributed by atoms with van der Waals surface area (Å²) in [6, 6.07) is 10.6. The number of aryl methyl sites for hydroxylation is 1. The molecule has 0 aliphatic heterocycles. The van der Waals surface area contributed by atoms with Crippen LogP contribution in [0.3, 0.4) is 0 Å². The molecule has 0 spiro atoms. The van der Waals surface area contributed by atoms with Crippen molar-refractivity contribution in [3.8, 4) is 0 Å². The molecule has 2 aromatic rings.